The summed E-state index contributed by atoms with van der Waals surface area (Å²) < 4.78 is 9.81. The Morgan fingerprint density at radius 1 is 1.24 bits per heavy atom. The van der Waals surface area contributed by atoms with E-state index in [1.54, 1.807) is 18.5 Å². The first-order valence-electron chi connectivity index (χ1n) is 6.37. The summed E-state index contributed by atoms with van der Waals surface area (Å²) in [5.41, 5.74) is 3.27. The number of esters is 1. The normalized spacial score (nSPS) is 10.5. The number of carbonyl (C=O) groups excluding carboxylic acids is 1. The van der Waals surface area contributed by atoms with Gasteiger partial charge in [-0.05, 0) is 24.3 Å². The quantitative estimate of drug-likeness (QED) is 0.742. The lowest BCUT2D eigenvalue weighted by atomic mass is 10.2. The number of furan rings is 1. The van der Waals surface area contributed by atoms with Gasteiger partial charge in [0, 0.05) is 30.2 Å². The summed E-state index contributed by atoms with van der Waals surface area (Å²) in [4.78, 5) is 20.0. The van der Waals surface area contributed by atoms with Gasteiger partial charge in [-0.25, -0.2) is 4.79 Å². The van der Waals surface area contributed by atoms with Crippen molar-refractivity contribution in [2.75, 3.05) is 12.4 Å². The predicted octanol–water partition coefficient (Wildman–Crippen LogP) is 2.62. The van der Waals surface area contributed by atoms with Crippen molar-refractivity contribution in [3.63, 3.8) is 0 Å². The monoisotopic (exact) mass is 283 g/mol. The molecule has 3 aromatic rings. The van der Waals surface area contributed by atoms with E-state index in [4.69, 9.17) is 4.42 Å². The molecule has 6 nitrogen and oxygen atoms in total. The molecular formula is C15H13N3O3. The summed E-state index contributed by atoms with van der Waals surface area (Å²) in [6, 6.07) is 7.44. The maximum Gasteiger partial charge on any atom is 0.374 e. The van der Waals surface area contributed by atoms with Crippen LogP contribution >= 0.6 is 0 Å². The lowest BCUT2D eigenvalue weighted by molar-refractivity contribution is 0.0563. The Balaban J connectivity index is 1.77. The first-order chi connectivity index (χ1) is 10.3. The van der Waals surface area contributed by atoms with E-state index in [9.17, 15) is 4.79 Å². The molecule has 0 amide bonds. The van der Waals surface area contributed by atoms with Crippen molar-refractivity contribution >= 4 is 22.7 Å². The molecule has 106 valence electrons. The van der Waals surface area contributed by atoms with Crippen molar-refractivity contribution in [2.24, 2.45) is 0 Å². The van der Waals surface area contributed by atoms with E-state index in [0.717, 1.165) is 22.3 Å². The molecule has 0 saturated heterocycles. The number of nitrogens with one attached hydrogen (secondary N) is 1. The first kappa shape index (κ1) is 13.1. The van der Waals surface area contributed by atoms with Gasteiger partial charge in [-0.15, -0.1) is 0 Å². The molecule has 0 aliphatic carbocycles. The van der Waals surface area contributed by atoms with Gasteiger partial charge in [0.25, 0.3) is 0 Å². The number of hydrogen-bond donors (Lipinski definition) is 1. The van der Waals surface area contributed by atoms with Gasteiger partial charge in [0.05, 0.1) is 24.4 Å². The van der Waals surface area contributed by atoms with Crippen LogP contribution in [0.5, 0.6) is 0 Å². The van der Waals surface area contributed by atoms with Gasteiger partial charge < -0.3 is 14.5 Å². The summed E-state index contributed by atoms with van der Waals surface area (Å²) in [5, 5.41) is 3.22. The Morgan fingerprint density at radius 3 is 2.86 bits per heavy atom. The lowest BCUT2D eigenvalue weighted by Gasteiger charge is -2.06. The lowest BCUT2D eigenvalue weighted by Crippen LogP contribution is -2.06. The van der Waals surface area contributed by atoms with Crippen LogP contribution in [-0.2, 0) is 11.3 Å². The van der Waals surface area contributed by atoms with E-state index in [2.05, 4.69) is 20.0 Å². The molecule has 0 unspecified atom stereocenters. The second-order valence-electron chi connectivity index (χ2n) is 4.38. The highest BCUT2D eigenvalue weighted by Crippen LogP contribution is 2.18. The van der Waals surface area contributed by atoms with Gasteiger partial charge in [0.15, 0.2) is 0 Å². The summed E-state index contributed by atoms with van der Waals surface area (Å²) in [6.07, 6.45) is 4.77. The number of rotatable bonds is 4. The number of methoxy groups -OCH3 is 1. The minimum atomic E-state index is -0.485. The molecule has 0 radical (unpaired) electrons. The molecule has 0 atom stereocenters. The molecule has 2 aromatic heterocycles. The van der Waals surface area contributed by atoms with Crippen molar-refractivity contribution < 1.29 is 13.9 Å². The number of benzene rings is 1. The first-order valence-corrected chi connectivity index (χ1v) is 6.37. The molecule has 0 bridgehead atoms. The zero-order valence-corrected chi connectivity index (χ0v) is 11.4. The Hall–Kier alpha value is -2.89. The maximum atomic E-state index is 11.5. The summed E-state index contributed by atoms with van der Waals surface area (Å²) in [5.74, 6) is -0.272. The molecule has 0 saturated carbocycles. The topological polar surface area (TPSA) is 77.2 Å². The Bertz CT molecular complexity index is 782. The third-order valence-corrected chi connectivity index (χ3v) is 3.07. The number of ether oxygens (including phenoxy) is 1. The van der Waals surface area contributed by atoms with Crippen LogP contribution in [0.4, 0.5) is 5.69 Å². The Labute approximate surface area is 120 Å². The summed E-state index contributed by atoms with van der Waals surface area (Å²) >= 11 is 0. The maximum absolute atomic E-state index is 11.5. The Kier molecular flexibility index (Phi) is 3.51. The molecule has 0 fully saturated rings. The van der Waals surface area contributed by atoms with Crippen LogP contribution < -0.4 is 5.32 Å². The van der Waals surface area contributed by atoms with Gasteiger partial charge in [-0.2, -0.15) is 0 Å². The zero-order chi connectivity index (χ0) is 14.7. The third-order valence-electron chi connectivity index (χ3n) is 3.07. The van der Waals surface area contributed by atoms with Crippen LogP contribution in [0.3, 0.4) is 0 Å². The molecular weight excluding hydrogens is 270 g/mol. The SMILES string of the molecule is COC(=O)c1occc1CNc1ccc2nccnc2c1. The van der Waals surface area contributed by atoms with Crippen LogP contribution in [-0.4, -0.2) is 23.0 Å². The van der Waals surface area contributed by atoms with Crippen LogP contribution in [0, 0.1) is 0 Å². The highest BCUT2D eigenvalue weighted by molar-refractivity contribution is 5.88. The predicted molar refractivity (Wildman–Crippen MR) is 76.9 cm³/mol. The molecule has 0 spiro atoms. The van der Waals surface area contributed by atoms with E-state index in [-0.39, 0.29) is 5.76 Å². The Morgan fingerprint density at radius 2 is 2.05 bits per heavy atom. The van der Waals surface area contributed by atoms with Crippen molar-refractivity contribution in [1.29, 1.82) is 0 Å². The molecule has 3 rings (SSSR count). The number of anilines is 1. The van der Waals surface area contributed by atoms with E-state index in [1.165, 1.54) is 13.4 Å². The molecule has 1 N–H and O–H groups in total. The number of fused-ring (bicyclic) bond motifs is 1. The largest absolute Gasteiger partial charge is 0.463 e. The fourth-order valence-electron chi connectivity index (χ4n) is 2.02. The van der Waals surface area contributed by atoms with Gasteiger partial charge >= 0.3 is 5.97 Å². The van der Waals surface area contributed by atoms with Crippen LogP contribution in [0.1, 0.15) is 16.1 Å². The van der Waals surface area contributed by atoms with Crippen LogP contribution in [0.2, 0.25) is 0 Å². The second kappa shape index (κ2) is 5.62. The summed E-state index contributed by atoms with van der Waals surface area (Å²) in [6.45, 7) is 0.451. The molecule has 6 heteroatoms. The number of aromatic nitrogens is 2. The standard InChI is InChI=1S/C15H13N3O3/c1-20-15(19)14-10(4-7-21-14)9-18-11-2-3-12-13(8-11)17-6-5-16-12/h2-8,18H,9H2,1H3. The highest BCUT2D eigenvalue weighted by atomic mass is 16.5. The molecule has 0 aliphatic heterocycles. The number of carbonyl (C=O) groups is 1. The van der Waals surface area contributed by atoms with Gasteiger partial charge in [-0.3, -0.25) is 9.97 Å². The second-order valence-corrected chi connectivity index (χ2v) is 4.38. The van der Waals surface area contributed by atoms with Gasteiger partial charge in [0.1, 0.15) is 0 Å². The van der Waals surface area contributed by atoms with E-state index >= 15 is 0 Å². The van der Waals surface area contributed by atoms with Gasteiger partial charge in [0.2, 0.25) is 5.76 Å². The fraction of sp³-hybridized carbons (Fsp3) is 0.133. The van der Waals surface area contributed by atoms with E-state index in [0.29, 0.717) is 6.54 Å². The van der Waals surface area contributed by atoms with Gasteiger partial charge in [-0.1, -0.05) is 0 Å². The molecule has 1 aromatic carbocycles. The van der Waals surface area contributed by atoms with Crippen LogP contribution in [0.15, 0.2) is 47.3 Å². The van der Waals surface area contributed by atoms with E-state index < -0.39 is 5.97 Å². The van der Waals surface area contributed by atoms with Crippen LogP contribution in [0.25, 0.3) is 11.0 Å². The van der Waals surface area contributed by atoms with Crippen molar-refractivity contribution in [1.82, 2.24) is 9.97 Å². The average Bonchev–Trinajstić information content (AvgIpc) is 3.00. The minimum Gasteiger partial charge on any atom is -0.463 e. The molecule has 0 aliphatic rings. The number of nitrogens with zero attached hydrogens (tertiary/aromatic N) is 2. The molecule has 2 heterocycles. The fourth-order valence-corrected chi connectivity index (χ4v) is 2.02. The number of hydrogen-bond acceptors (Lipinski definition) is 6. The van der Waals surface area contributed by atoms with Crippen molar-refractivity contribution in [2.45, 2.75) is 6.54 Å². The van der Waals surface area contributed by atoms with Crippen molar-refractivity contribution in [3.8, 4) is 0 Å². The minimum absolute atomic E-state index is 0.214. The summed E-state index contributed by atoms with van der Waals surface area (Å²) in [7, 11) is 1.32. The zero-order valence-electron chi connectivity index (χ0n) is 11.4. The average molecular weight is 283 g/mol. The smallest absolute Gasteiger partial charge is 0.374 e. The van der Waals surface area contributed by atoms with E-state index in [1.807, 2.05) is 18.2 Å². The van der Waals surface area contributed by atoms with Crippen molar-refractivity contribution in [3.05, 3.63) is 54.2 Å². The third kappa shape index (κ3) is 2.69. The highest BCUT2D eigenvalue weighted by Gasteiger charge is 2.15. The molecule has 21 heavy (non-hydrogen) atoms.